The maximum absolute atomic E-state index is 5.14. The average molecular weight is 424 g/mol. The molecule has 3 nitrogen and oxygen atoms in total. The molecule has 3 atom stereocenters. The number of rotatable bonds is 5. The molecule has 2 aromatic heterocycles. The third-order valence-corrected chi connectivity index (χ3v) is 7.90. The van der Waals surface area contributed by atoms with Crippen LogP contribution >= 0.6 is 11.3 Å². The van der Waals surface area contributed by atoms with Gasteiger partial charge in [0.15, 0.2) is 0 Å². The van der Waals surface area contributed by atoms with Gasteiger partial charge in [-0.3, -0.25) is 4.98 Å². The fraction of sp³-hybridized carbons (Fsp3) is 0.259. The van der Waals surface area contributed by atoms with Crippen LogP contribution in [0.3, 0.4) is 0 Å². The van der Waals surface area contributed by atoms with Gasteiger partial charge in [0, 0.05) is 23.5 Å². The second kappa shape index (κ2) is 7.93. The van der Waals surface area contributed by atoms with Crippen LogP contribution in [0.1, 0.15) is 25.7 Å². The van der Waals surface area contributed by atoms with Crippen molar-refractivity contribution in [2.24, 2.45) is 11.8 Å². The number of pyridine rings is 1. The van der Waals surface area contributed by atoms with Crippen molar-refractivity contribution in [3.8, 4) is 22.0 Å². The number of benzene rings is 2. The summed E-state index contributed by atoms with van der Waals surface area (Å²) in [7, 11) is 0. The van der Waals surface area contributed by atoms with Crippen molar-refractivity contribution >= 4 is 22.0 Å². The first-order chi connectivity index (χ1) is 15.4. The van der Waals surface area contributed by atoms with Crippen molar-refractivity contribution in [1.82, 2.24) is 9.97 Å². The molecule has 2 saturated carbocycles. The summed E-state index contributed by atoms with van der Waals surface area (Å²) in [5.74, 6) is 1.65. The van der Waals surface area contributed by atoms with E-state index in [1.165, 1.54) is 41.9 Å². The number of nitrogens with zero attached hydrogens (tertiary/aromatic N) is 3. The summed E-state index contributed by atoms with van der Waals surface area (Å²) in [4.78, 5) is 12.3. The van der Waals surface area contributed by atoms with Crippen LogP contribution in [0.4, 0.5) is 10.7 Å². The molecule has 4 aromatic rings. The lowest BCUT2D eigenvalue weighted by atomic mass is 9.93. The highest BCUT2D eigenvalue weighted by Gasteiger charge is 2.44. The number of hydrogen-bond donors (Lipinski definition) is 0. The smallest absolute Gasteiger partial charge is 0.144 e. The van der Waals surface area contributed by atoms with E-state index < -0.39 is 0 Å². The lowest BCUT2D eigenvalue weighted by Crippen LogP contribution is -2.35. The van der Waals surface area contributed by atoms with E-state index in [1.807, 2.05) is 18.3 Å². The molecule has 2 fully saturated rings. The van der Waals surface area contributed by atoms with E-state index >= 15 is 0 Å². The van der Waals surface area contributed by atoms with Crippen molar-refractivity contribution in [2.45, 2.75) is 31.7 Å². The highest BCUT2D eigenvalue weighted by Crippen LogP contribution is 2.52. The monoisotopic (exact) mass is 423 g/mol. The standard InChI is InChI=1S/C27H25N3S/c1-3-9-20(10-4-1)25-27(31-26(29-25)23-13-7-8-16-28-23)30(22-11-5-2-6-12-22)24-18-19-14-15-21(24)17-19/h1-13,16,19,21,24H,14-15,17-18H2. The highest BCUT2D eigenvalue weighted by atomic mass is 32.1. The Morgan fingerprint density at radius 2 is 1.58 bits per heavy atom. The lowest BCUT2D eigenvalue weighted by molar-refractivity contribution is 0.414. The van der Waals surface area contributed by atoms with Gasteiger partial charge >= 0.3 is 0 Å². The minimum Gasteiger partial charge on any atom is -0.328 e. The molecule has 2 aliphatic carbocycles. The summed E-state index contributed by atoms with van der Waals surface area (Å²) in [6, 6.07) is 28.1. The van der Waals surface area contributed by atoms with Gasteiger partial charge in [-0.05, 0) is 55.4 Å². The molecule has 2 bridgehead atoms. The molecule has 0 N–H and O–H groups in total. The minimum absolute atomic E-state index is 0.542. The molecule has 0 radical (unpaired) electrons. The predicted molar refractivity (Wildman–Crippen MR) is 129 cm³/mol. The van der Waals surface area contributed by atoms with E-state index in [0.29, 0.717) is 6.04 Å². The van der Waals surface area contributed by atoms with Crippen LogP contribution in [0, 0.1) is 11.8 Å². The van der Waals surface area contributed by atoms with Gasteiger partial charge in [0.1, 0.15) is 15.7 Å². The Morgan fingerprint density at radius 1 is 0.806 bits per heavy atom. The molecule has 0 saturated heterocycles. The van der Waals surface area contributed by atoms with Gasteiger partial charge < -0.3 is 4.90 Å². The quantitative estimate of drug-likeness (QED) is 0.340. The SMILES string of the molecule is c1ccc(-c2nc(-c3ccccn3)sc2N(c2ccccc2)C2CC3CCC2C3)cc1. The van der Waals surface area contributed by atoms with Crippen molar-refractivity contribution < 1.29 is 0 Å². The van der Waals surface area contributed by atoms with Crippen molar-refractivity contribution in [3.05, 3.63) is 85.1 Å². The Bertz CT molecular complexity index is 1160. The number of fused-ring (bicyclic) bond motifs is 2. The summed E-state index contributed by atoms with van der Waals surface area (Å²) < 4.78 is 0. The van der Waals surface area contributed by atoms with Crippen molar-refractivity contribution in [2.75, 3.05) is 4.90 Å². The maximum Gasteiger partial charge on any atom is 0.144 e. The molecule has 2 aliphatic rings. The molecule has 0 amide bonds. The summed E-state index contributed by atoms with van der Waals surface area (Å²) in [5.41, 5.74) is 4.45. The van der Waals surface area contributed by atoms with E-state index in [0.717, 1.165) is 28.2 Å². The van der Waals surface area contributed by atoms with Crippen LogP contribution in [0.2, 0.25) is 0 Å². The van der Waals surface area contributed by atoms with Gasteiger partial charge in [-0.2, -0.15) is 0 Å². The largest absolute Gasteiger partial charge is 0.328 e. The van der Waals surface area contributed by atoms with Gasteiger partial charge in [-0.25, -0.2) is 4.98 Å². The molecular weight excluding hydrogens is 398 g/mol. The van der Waals surface area contributed by atoms with E-state index in [2.05, 4.69) is 76.6 Å². The first kappa shape index (κ1) is 18.8. The maximum atomic E-state index is 5.14. The second-order valence-electron chi connectivity index (χ2n) is 8.70. The molecule has 2 heterocycles. The predicted octanol–water partition coefficient (Wildman–Crippen LogP) is 7.20. The number of hydrogen-bond acceptors (Lipinski definition) is 4. The zero-order valence-corrected chi connectivity index (χ0v) is 18.2. The van der Waals surface area contributed by atoms with E-state index in [1.54, 1.807) is 11.3 Å². The van der Waals surface area contributed by atoms with Crippen molar-refractivity contribution in [3.63, 3.8) is 0 Å². The lowest BCUT2D eigenvalue weighted by Gasteiger charge is -2.36. The molecule has 4 heteroatoms. The number of thiazole rings is 1. The molecular formula is C27H25N3S. The number of para-hydroxylation sites is 1. The molecule has 3 unspecified atom stereocenters. The zero-order valence-electron chi connectivity index (χ0n) is 17.4. The Morgan fingerprint density at radius 3 is 2.26 bits per heavy atom. The second-order valence-corrected chi connectivity index (χ2v) is 9.68. The van der Waals surface area contributed by atoms with Crippen LogP contribution < -0.4 is 4.90 Å². The van der Waals surface area contributed by atoms with E-state index in [4.69, 9.17) is 4.98 Å². The summed E-state index contributed by atoms with van der Waals surface area (Å²) in [6.45, 7) is 0. The van der Waals surface area contributed by atoms with Gasteiger partial charge in [0.2, 0.25) is 0 Å². The van der Waals surface area contributed by atoms with Gasteiger partial charge in [-0.15, -0.1) is 0 Å². The topological polar surface area (TPSA) is 29.0 Å². The Balaban J connectivity index is 1.54. The molecule has 154 valence electrons. The fourth-order valence-corrected chi connectivity index (χ4v) is 6.58. The van der Waals surface area contributed by atoms with E-state index in [-0.39, 0.29) is 0 Å². The Hall–Kier alpha value is -2.98. The molecule has 0 spiro atoms. The normalized spacial score (nSPS) is 22.0. The van der Waals surface area contributed by atoms with Crippen LogP contribution in [0.25, 0.3) is 22.0 Å². The van der Waals surface area contributed by atoms with Crippen LogP contribution in [0.15, 0.2) is 85.1 Å². The summed E-state index contributed by atoms with van der Waals surface area (Å²) >= 11 is 1.78. The first-order valence-electron chi connectivity index (χ1n) is 11.2. The highest BCUT2D eigenvalue weighted by molar-refractivity contribution is 7.19. The zero-order chi connectivity index (χ0) is 20.6. The Kier molecular flexibility index (Phi) is 4.80. The summed E-state index contributed by atoms with van der Waals surface area (Å²) in [5, 5.41) is 2.23. The minimum atomic E-state index is 0.542. The molecule has 31 heavy (non-hydrogen) atoms. The van der Waals surface area contributed by atoms with E-state index in [9.17, 15) is 0 Å². The summed E-state index contributed by atoms with van der Waals surface area (Å²) in [6.07, 6.45) is 7.26. The molecule has 2 aromatic carbocycles. The Labute approximate surface area is 187 Å². The van der Waals surface area contributed by atoms with Crippen LogP contribution in [-0.2, 0) is 0 Å². The molecule has 6 rings (SSSR count). The van der Waals surface area contributed by atoms with Crippen molar-refractivity contribution in [1.29, 1.82) is 0 Å². The average Bonchev–Trinajstić information content (AvgIpc) is 3.58. The number of aromatic nitrogens is 2. The third-order valence-electron chi connectivity index (χ3n) is 6.83. The van der Waals surface area contributed by atoms with Crippen LogP contribution in [0.5, 0.6) is 0 Å². The van der Waals surface area contributed by atoms with Gasteiger partial charge in [0.05, 0.1) is 5.69 Å². The van der Waals surface area contributed by atoms with Gasteiger partial charge in [-0.1, -0.05) is 72.4 Å². The number of anilines is 2. The first-order valence-corrected chi connectivity index (χ1v) is 12.0. The fourth-order valence-electron chi connectivity index (χ4n) is 5.43. The van der Waals surface area contributed by atoms with Crippen LogP contribution in [-0.4, -0.2) is 16.0 Å². The van der Waals surface area contributed by atoms with Gasteiger partial charge in [0.25, 0.3) is 0 Å². The molecule has 0 aliphatic heterocycles. The third kappa shape index (κ3) is 3.45.